The highest BCUT2D eigenvalue weighted by atomic mass is 16.6. The average molecular weight is 295 g/mol. The largest absolute Gasteiger partial charge is 0.495 e. The van der Waals surface area contributed by atoms with Crippen molar-refractivity contribution in [1.29, 1.82) is 0 Å². The summed E-state index contributed by atoms with van der Waals surface area (Å²) in [7, 11) is 1.36. The molecule has 0 fully saturated rings. The van der Waals surface area contributed by atoms with Gasteiger partial charge in [-0.2, -0.15) is 0 Å². The van der Waals surface area contributed by atoms with E-state index in [0.717, 1.165) is 6.07 Å². The van der Waals surface area contributed by atoms with Gasteiger partial charge in [0.15, 0.2) is 0 Å². The first kappa shape index (κ1) is 16.4. The first-order chi connectivity index (χ1) is 9.85. The van der Waals surface area contributed by atoms with Crippen LogP contribution in [0.1, 0.15) is 13.8 Å². The minimum Gasteiger partial charge on any atom is -0.495 e. The molecule has 0 aliphatic rings. The first-order valence-corrected chi connectivity index (χ1v) is 6.26. The number of anilines is 1. The topological polar surface area (TPSA) is 111 Å². The Labute approximate surface area is 121 Å². The molecule has 1 aromatic carbocycles. The SMILES string of the molecule is COc1ccc([N+](=O)[O-])cc1NC(=O)C(=O)NCC(C)C. The Bertz CT molecular complexity index is 557. The van der Waals surface area contributed by atoms with Gasteiger partial charge >= 0.3 is 11.8 Å². The Balaban J connectivity index is 2.85. The fourth-order valence-electron chi connectivity index (χ4n) is 1.46. The first-order valence-electron chi connectivity index (χ1n) is 6.26. The second-order valence-corrected chi connectivity index (χ2v) is 4.70. The van der Waals surface area contributed by atoms with Crippen molar-refractivity contribution in [3.05, 3.63) is 28.3 Å². The zero-order valence-electron chi connectivity index (χ0n) is 12.0. The van der Waals surface area contributed by atoms with Crippen LogP contribution in [0.5, 0.6) is 5.75 Å². The van der Waals surface area contributed by atoms with E-state index in [0.29, 0.717) is 6.54 Å². The van der Waals surface area contributed by atoms with E-state index in [1.165, 1.54) is 19.2 Å². The molecule has 0 bridgehead atoms. The molecule has 1 rings (SSSR count). The number of rotatable bonds is 5. The second-order valence-electron chi connectivity index (χ2n) is 4.70. The number of ether oxygens (including phenoxy) is 1. The van der Waals surface area contributed by atoms with Crippen molar-refractivity contribution in [2.24, 2.45) is 5.92 Å². The summed E-state index contributed by atoms with van der Waals surface area (Å²) in [4.78, 5) is 33.4. The number of nitrogens with zero attached hydrogens (tertiary/aromatic N) is 1. The number of methoxy groups -OCH3 is 1. The third kappa shape index (κ3) is 4.75. The lowest BCUT2D eigenvalue weighted by atomic mass is 10.2. The minimum absolute atomic E-state index is 0.0661. The van der Waals surface area contributed by atoms with Gasteiger partial charge < -0.3 is 15.4 Å². The van der Waals surface area contributed by atoms with Crippen LogP contribution < -0.4 is 15.4 Å². The third-order valence-corrected chi connectivity index (χ3v) is 2.52. The highest BCUT2D eigenvalue weighted by Crippen LogP contribution is 2.28. The maximum atomic E-state index is 11.7. The molecule has 8 heteroatoms. The van der Waals surface area contributed by atoms with E-state index in [9.17, 15) is 19.7 Å². The van der Waals surface area contributed by atoms with Crippen molar-refractivity contribution in [3.63, 3.8) is 0 Å². The summed E-state index contributed by atoms with van der Waals surface area (Å²) >= 11 is 0. The fourth-order valence-corrected chi connectivity index (χ4v) is 1.46. The van der Waals surface area contributed by atoms with E-state index in [4.69, 9.17) is 4.74 Å². The summed E-state index contributed by atoms with van der Waals surface area (Å²) in [6.07, 6.45) is 0. The predicted octanol–water partition coefficient (Wildman–Crippen LogP) is 1.31. The third-order valence-electron chi connectivity index (χ3n) is 2.52. The minimum atomic E-state index is -0.908. The molecule has 0 aliphatic carbocycles. The van der Waals surface area contributed by atoms with Gasteiger partial charge in [-0.05, 0) is 12.0 Å². The number of amides is 2. The number of hydrogen-bond donors (Lipinski definition) is 2. The number of nitrogens with one attached hydrogen (secondary N) is 2. The van der Waals surface area contributed by atoms with Gasteiger partial charge in [0.25, 0.3) is 5.69 Å². The Hall–Kier alpha value is -2.64. The Kier molecular flexibility index (Phi) is 5.65. The zero-order chi connectivity index (χ0) is 16.0. The molecule has 0 aliphatic heterocycles. The summed E-state index contributed by atoms with van der Waals surface area (Å²) in [5.74, 6) is -1.29. The van der Waals surface area contributed by atoms with Crippen LogP contribution in [0, 0.1) is 16.0 Å². The van der Waals surface area contributed by atoms with Crippen LogP contribution in [0.25, 0.3) is 0 Å². The number of benzene rings is 1. The standard InChI is InChI=1S/C13H17N3O5/c1-8(2)7-14-12(17)13(18)15-10-6-9(16(19)20)4-5-11(10)21-3/h4-6,8H,7H2,1-3H3,(H,14,17)(H,15,18). The van der Waals surface area contributed by atoms with E-state index in [1.54, 1.807) is 0 Å². The van der Waals surface area contributed by atoms with Crippen molar-refractivity contribution >= 4 is 23.2 Å². The lowest BCUT2D eigenvalue weighted by Gasteiger charge is -2.10. The van der Waals surface area contributed by atoms with Crippen LogP contribution >= 0.6 is 0 Å². The van der Waals surface area contributed by atoms with E-state index in [1.807, 2.05) is 13.8 Å². The van der Waals surface area contributed by atoms with Gasteiger partial charge in [-0.3, -0.25) is 19.7 Å². The summed E-state index contributed by atoms with van der Waals surface area (Å²) in [6.45, 7) is 4.14. The van der Waals surface area contributed by atoms with Gasteiger partial charge in [-0.25, -0.2) is 0 Å². The fraction of sp³-hybridized carbons (Fsp3) is 0.385. The van der Waals surface area contributed by atoms with Gasteiger partial charge in [0.2, 0.25) is 0 Å². The normalized spacial score (nSPS) is 10.1. The molecule has 114 valence electrons. The van der Waals surface area contributed by atoms with Gasteiger partial charge in [0.05, 0.1) is 17.7 Å². The van der Waals surface area contributed by atoms with Crippen molar-refractivity contribution < 1.29 is 19.2 Å². The highest BCUT2D eigenvalue weighted by Gasteiger charge is 2.18. The molecule has 0 spiro atoms. The molecule has 0 unspecified atom stereocenters. The van der Waals surface area contributed by atoms with Crippen LogP contribution in [0.3, 0.4) is 0 Å². The highest BCUT2D eigenvalue weighted by molar-refractivity contribution is 6.39. The van der Waals surface area contributed by atoms with Gasteiger partial charge in [-0.1, -0.05) is 13.8 Å². The van der Waals surface area contributed by atoms with E-state index < -0.39 is 16.7 Å². The van der Waals surface area contributed by atoms with Crippen LogP contribution in [-0.4, -0.2) is 30.4 Å². The molecule has 8 nitrogen and oxygen atoms in total. The molecule has 0 heterocycles. The number of nitro benzene ring substituents is 1. The smallest absolute Gasteiger partial charge is 0.313 e. The number of nitro groups is 1. The molecular formula is C13H17N3O5. The van der Waals surface area contributed by atoms with Crippen molar-refractivity contribution in [1.82, 2.24) is 5.32 Å². The van der Waals surface area contributed by atoms with Crippen LogP contribution in [0.4, 0.5) is 11.4 Å². The predicted molar refractivity (Wildman–Crippen MR) is 76.1 cm³/mol. The number of hydrogen-bond acceptors (Lipinski definition) is 5. The number of non-ortho nitro benzene ring substituents is 1. The van der Waals surface area contributed by atoms with E-state index in [2.05, 4.69) is 10.6 Å². The van der Waals surface area contributed by atoms with Crippen LogP contribution in [0.2, 0.25) is 0 Å². The Morgan fingerprint density at radius 3 is 2.52 bits per heavy atom. The molecule has 2 N–H and O–H groups in total. The van der Waals surface area contributed by atoms with Gasteiger partial charge in [0.1, 0.15) is 5.75 Å². The molecule has 0 radical (unpaired) electrons. The van der Waals surface area contributed by atoms with Crippen molar-refractivity contribution in [3.8, 4) is 5.75 Å². The quantitative estimate of drug-likeness (QED) is 0.483. The van der Waals surface area contributed by atoms with Crippen LogP contribution in [0.15, 0.2) is 18.2 Å². The molecular weight excluding hydrogens is 278 g/mol. The lowest BCUT2D eigenvalue weighted by molar-refractivity contribution is -0.384. The van der Waals surface area contributed by atoms with Crippen molar-refractivity contribution in [2.75, 3.05) is 19.0 Å². The molecule has 0 aromatic heterocycles. The molecule has 1 aromatic rings. The summed E-state index contributed by atoms with van der Waals surface area (Å²) < 4.78 is 4.99. The van der Waals surface area contributed by atoms with Crippen molar-refractivity contribution in [2.45, 2.75) is 13.8 Å². The number of carbonyl (C=O) groups excluding carboxylic acids is 2. The second kappa shape index (κ2) is 7.22. The molecule has 0 atom stereocenters. The van der Waals surface area contributed by atoms with Crippen LogP contribution in [-0.2, 0) is 9.59 Å². The maximum Gasteiger partial charge on any atom is 0.313 e. The molecule has 21 heavy (non-hydrogen) atoms. The Morgan fingerprint density at radius 1 is 1.33 bits per heavy atom. The Morgan fingerprint density at radius 2 is 2.00 bits per heavy atom. The monoisotopic (exact) mass is 295 g/mol. The zero-order valence-corrected chi connectivity index (χ0v) is 12.0. The van der Waals surface area contributed by atoms with Gasteiger partial charge in [0, 0.05) is 18.7 Å². The summed E-state index contributed by atoms with van der Waals surface area (Å²) in [5, 5.41) is 15.5. The summed E-state index contributed by atoms with van der Waals surface area (Å²) in [5.41, 5.74) is -0.148. The molecule has 0 saturated heterocycles. The van der Waals surface area contributed by atoms with E-state index >= 15 is 0 Å². The average Bonchev–Trinajstić information content (AvgIpc) is 2.44. The molecule has 2 amide bonds. The van der Waals surface area contributed by atoms with Gasteiger partial charge in [-0.15, -0.1) is 0 Å². The molecule has 0 saturated carbocycles. The summed E-state index contributed by atoms with van der Waals surface area (Å²) in [6, 6.07) is 3.72. The maximum absolute atomic E-state index is 11.7. The number of carbonyl (C=O) groups is 2. The lowest BCUT2D eigenvalue weighted by Crippen LogP contribution is -2.37. The van der Waals surface area contributed by atoms with E-state index in [-0.39, 0.29) is 23.0 Å².